The Labute approximate surface area is 115 Å². The maximum absolute atomic E-state index is 5.85. The van der Waals surface area contributed by atoms with E-state index in [9.17, 15) is 0 Å². The lowest BCUT2D eigenvalue weighted by Gasteiger charge is -2.11. The van der Waals surface area contributed by atoms with Crippen molar-refractivity contribution >= 4 is 30.6 Å². The van der Waals surface area contributed by atoms with Crippen LogP contribution >= 0.6 is 0 Å². The summed E-state index contributed by atoms with van der Waals surface area (Å²) in [5.74, 6) is 0. The summed E-state index contributed by atoms with van der Waals surface area (Å²) in [6.45, 7) is 5.06. The average molecular weight is 265 g/mol. The lowest BCUT2D eigenvalue weighted by atomic mass is 9.99. The van der Waals surface area contributed by atoms with E-state index < -0.39 is 9.04 Å². The minimum Gasteiger partial charge on any atom is -0.413 e. The van der Waals surface area contributed by atoms with Crippen LogP contribution < -0.4 is 0 Å². The summed E-state index contributed by atoms with van der Waals surface area (Å²) in [4.78, 5) is 0. The topological polar surface area (TPSA) is 9.23 Å². The molecule has 0 spiro atoms. The molecule has 95 valence electrons. The Morgan fingerprint density at radius 2 is 1.58 bits per heavy atom. The molecule has 2 heteroatoms. The van der Waals surface area contributed by atoms with E-state index in [1.54, 1.807) is 0 Å². The Morgan fingerprint density at radius 3 is 2.42 bits per heavy atom. The molecule has 1 radical (unpaired) electrons. The maximum atomic E-state index is 5.85. The minimum atomic E-state index is -0.642. The number of hydrogen-bond donors (Lipinski definition) is 0. The highest BCUT2D eigenvalue weighted by Gasteiger charge is 2.05. The van der Waals surface area contributed by atoms with Crippen LogP contribution in [0.5, 0.6) is 0 Å². The Kier molecular flexibility index (Phi) is 3.36. The molecule has 0 unspecified atom stereocenters. The van der Waals surface area contributed by atoms with E-state index >= 15 is 0 Å². The molecule has 0 aliphatic carbocycles. The summed E-state index contributed by atoms with van der Waals surface area (Å²) in [6.07, 6.45) is 0. The SMILES string of the molecule is C[Si](C)OCc1cccc2c1ccc1ccccc12. The quantitative estimate of drug-likeness (QED) is 0.490. The van der Waals surface area contributed by atoms with Gasteiger partial charge >= 0.3 is 0 Å². The van der Waals surface area contributed by atoms with Crippen LogP contribution in [0.2, 0.25) is 13.1 Å². The number of fused-ring (bicyclic) bond motifs is 3. The molecule has 0 aliphatic heterocycles. The van der Waals surface area contributed by atoms with Crippen molar-refractivity contribution in [1.82, 2.24) is 0 Å². The normalized spacial score (nSPS) is 11.5. The lowest BCUT2D eigenvalue weighted by Crippen LogP contribution is -2.07. The molecule has 3 aromatic rings. The molecule has 0 N–H and O–H groups in total. The first-order valence-electron chi connectivity index (χ1n) is 6.58. The molecule has 0 saturated carbocycles. The molecule has 0 aromatic heterocycles. The Hall–Kier alpha value is -1.64. The van der Waals surface area contributed by atoms with Crippen LogP contribution in [-0.2, 0) is 11.0 Å². The van der Waals surface area contributed by atoms with E-state index in [2.05, 4.69) is 67.7 Å². The van der Waals surface area contributed by atoms with Crippen molar-refractivity contribution in [3.05, 3.63) is 60.2 Å². The Morgan fingerprint density at radius 1 is 0.789 bits per heavy atom. The molecular formula is C17H17OSi. The molecule has 1 nitrogen and oxygen atoms in total. The highest BCUT2D eigenvalue weighted by atomic mass is 28.3. The first-order chi connectivity index (χ1) is 9.25. The van der Waals surface area contributed by atoms with Gasteiger partial charge in [-0.25, -0.2) is 0 Å². The van der Waals surface area contributed by atoms with Crippen LogP contribution in [-0.4, -0.2) is 9.04 Å². The van der Waals surface area contributed by atoms with Crippen molar-refractivity contribution in [2.24, 2.45) is 0 Å². The van der Waals surface area contributed by atoms with Crippen LogP contribution in [0.25, 0.3) is 21.5 Å². The standard InChI is InChI=1S/C17H17OSi/c1-19(2)18-12-14-7-5-9-17-15-8-4-3-6-13(15)10-11-16(14)17/h3-11H,12H2,1-2H3. The molecule has 0 amide bonds. The fourth-order valence-electron chi connectivity index (χ4n) is 2.45. The fourth-order valence-corrected chi connectivity index (χ4v) is 2.90. The van der Waals surface area contributed by atoms with Crippen molar-refractivity contribution in [1.29, 1.82) is 0 Å². The summed E-state index contributed by atoms with van der Waals surface area (Å²) >= 11 is 0. The van der Waals surface area contributed by atoms with Crippen LogP contribution in [0.1, 0.15) is 5.56 Å². The second-order valence-electron chi connectivity index (χ2n) is 5.00. The first-order valence-corrected chi connectivity index (χ1v) is 8.99. The van der Waals surface area contributed by atoms with Gasteiger partial charge in [-0.3, -0.25) is 0 Å². The van der Waals surface area contributed by atoms with E-state index in [0.29, 0.717) is 0 Å². The Bertz CT molecular complexity index is 719. The molecule has 0 atom stereocenters. The van der Waals surface area contributed by atoms with E-state index in [-0.39, 0.29) is 0 Å². The third-order valence-electron chi connectivity index (χ3n) is 3.39. The van der Waals surface area contributed by atoms with Crippen LogP contribution in [0.4, 0.5) is 0 Å². The van der Waals surface area contributed by atoms with E-state index in [4.69, 9.17) is 4.43 Å². The molecule has 3 aromatic carbocycles. The zero-order chi connectivity index (χ0) is 13.2. The van der Waals surface area contributed by atoms with Crippen molar-refractivity contribution in [2.45, 2.75) is 19.7 Å². The molecule has 0 bridgehead atoms. The molecule has 0 aliphatic rings. The van der Waals surface area contributed by atoms with Gasteiger partial charge in [-0.2, -0.15) is 0 Å². The van der Waals surface area contributed by atoms with Gasteiger partial charge < -0.3 is 4.43 Å². The molecule has 19 heavy (non-hydrogen) atoms. The second kappa shape index (κ2) is 5.15. The highest BCUT2D eigenvalue weighted by molar-refractivity contribution is 6.48. The summed E-state index contributed by atoms with van der Waals surface area (Å²) in [5, 5.41) is 5.24. The zero-order valence-corrected chi connectivity index (χ0v) is 12.3. The van der Waals surface area contributed by atoms with Gasteiger partial charge in [-0.05, 0) is 40.2 Å². The average Bonchev–Trinajstić information content (AvgIpc) is 2.44. The van der Waals surface area contributed by atoms with Gasteiger partial charge in [-0.1, -0.05) is 54.6 Å². The maximum Gasteiger partial charge on any atom is 0.205 e. The van der Waals surface area contributed by atoms with Crippen LogP contribution in [0.3, 0.4) is 0 Å². The van der Waals surface area contributed by atoms with E-state index in [0.717, 1.165) is 6.61 Å². The van der Waals surface area contributed by atoms with Gasteiger partial charge in [0.05, 0.1) is 6.61 Å². The van der Waals surface area contributed by atoms with Crippen molar-refractivity contribution < 1.29 is 4.43 Å². The van der Waals surface area contributed by atoms with Gasteiger partial charge in [0.2, 0.25) is 9.04 Å². The smallest absolute Gasteiger partial charge is 0.205 e. The molecule has 0 saturated heterocycles. The van der Waals surface area contributed by atoms with E-state index in [1.165, 1.54) is 27.1 Å². The minimum absolute atomic E-state index is 0.642. The monoisotopic (exact) mass is 265 g/mol. The van der Waals surface area contributed by atoms with Gasteiger partial charge in [0, 0.05) is 0 Å². The highest BCUT2D eigenvalue weighted by Crippen LogP contribution is 2.27. The predicted molar refractivity (Wildman–Crippen MR) is 83.7 cm³/mol. The number of rotatable bonds is 3. The largest absolute Gasteiger partial charge is 0.413 e. The van der Waals surface area contributed by atoms with Crippen LogP contribution in [0.15, 0.2) is 54.6 Å². The van der Waals surface area contributed by atoms with Gasteiger partial charge in [0.25, 0.3) is 0 Å². The van der Waals surface area contributed by atoms with Crippen molar-refractivity contribution in [3.63, 3.8) is 0 Å². The fraction of sp³-hybridized carbons (Fsp3) is 0.176. The first kappa shape index (κ1) is 12.4. The van der Waals surface area contributed by atoms with Gasteiger partial charge in [0.1, 0.15) is 0 Å². The predicted octanol–water partition coefficient (Wildman–Crippen LogP) is 4.76. The zero-order valence-electron chi connectivity index (χ0n) is 11.3. The van der Waals surface area contributed by atoms with Crippen LogP contribution in [0, 0.1) is 0 Å². The summed E-state index contributed by atoms with van der Waals surface area (Å²) < 4.78 is 5.85. The number of hydrogen-bond acceptors (Lipinski definition) is 1. The number of benzene rings is 3. The molecule has 3 rings (SSSR count). The lowest BCUT2D eigenvalue weighted by molar-refractivity contribution is 0.316. The molecular weight excluding hydrogens is 248 g/mol. The summed E-state index contributed by atoms with van der Waals surface area (Å²) in [7, 11) is -0.642. The molecule has 0 fully saturated rings. The summed E-state index contributed by atoms with van der Waals surface area (Å²) in [5.41, 5.74) is 1.29. The third-order valence-corrected chi connectivity index (χ3v) is 4.11. The van der Waals surface area contributed by atoms with E-state index in [1.807, 2.05) is 0 Å². The van der Waals surface area contributed by atoms with Gasteiger partial charge in [0.15, 0.2) is 0 Å². The van der Waals surface area contributed by atoms with Gasteiger partial charge in [-0.15, -0.1) is 0 Å². The van der Waals surface area contributed by atoms with Crippen molar-refractivity contribution in [2.75, 3.05) is 0 Å². The third kappa shape index (κ3) is 2.42. The summed E-state index contributed by atoms with van der Waals surface area (Å²) in [6, 6.07) is 19.5. The second-order valence-corrected chi connectivity index (χ2v) is 7.10. The Balaban J connectivity index is 2.17. The molecule has 0 heterocycles. The van der Waals surface area contributed by atoms with Crippen molar-refractivity contribution in [3.8, 4) is 0 Å².